The number of piperidine rings is 2. The minimum Gasteiger partial charge on any atom is -0.351 e. The van der Waals surface area contributed by atoms with Crippen LogP contribution in [0, 0.1) is 18.8 Å². The van der Waals surface area contributed by atoms with E-state index in [4.69, 9.17) is 0 Å². The lowest BCUT2D eigenvalue weighted by Gasteiger charge is -2.43. The highest BCUT2D eigenvalue weighted by atomic mass is 16.2. The Bertz CT molecular complexity index is 644. The molecule has 3 aliphatic rings. The monoisotopic (exact) mass is 318 g/mol. The molecule has 126 valence electrons. The van der Waals surface area contributed by atoms with Crippen molar-refractivity contribution in [2.24, 2.45) is 11.8 Å². The normalized spacial score (nSPS) is 26.5. The van der Waals surface area contributed by atoms with E-state index in [0.29, 0.717) is 30.0 Å². The number of H-pyrrole nitrogens is 1. The maximum atomic E-state index is 12.4. The summed E-state index contributed by atoms with van der Waals surface area (Å²) in [6.07, 6.45) is 3.65. The van der Waals surface area contributed by atoms with Crippen LogP contribution in [0.2, 0.25) is 0 Å². The van der Waals surface area contributed by atoms with Gasteiger partial charge < -0.3 is 15.6 Å². The summed E-state index contributed by atoms with van der Waals surface area (Å²) >= 11 is 0. The van der Waals surface area contributed by atoms with Crippen molar-refractivity contribution in [3.8, 4) is 0 Å². The van der Waals surface area contributed by atoms with E-state index in [-0.39, 0.29) is 22.9 Å². The highest BCUT2D eigenvalue weighted by Gasteiger charge is 2.35. The summed E-state index contributed by atoms with van der Waals surface area (Å²) in [5.74, 6) is 1.64. The number of carbonyl (C=O) groups is 1. The van der Waals surface area contributed by atoms with Gasteiger partial charge in [-0.25, -0.2) is 4.98 Å². The fourth-order valence-corrected chi connectivity index (χ4v) is 3.82. The molecular weight excluding hydrogens is 292 g/mol. The van der Waals surface area contributed by atoms with Gasteiger partial charge in [0, 0.05) is 18.5 Å². The quantitative estimate of drug-likeness (QED) is 0.781. The van der Waals surface area contributed by atoms with Crippen LogP contribution < -0.4 is 16.2 Å². The van der Waals surface area contributed by atoms with Gasteiger partial charge in [0.05, 0.1) is 5.69 Å². The van der Waals surface area contributed by atoms with Gasteiger partial charge in [0.25, 0.3) is 11.5 Å². The third kappa shape index (κ3) is 3.32. The Hall–Kier alpha value is -1.69. The Morgan fingerprint density at radius 1 is 1.39 bits per heavy atom. The molecule has 1 saturated carbocycles. The van der Waals surface area contributed by atoms with Crippen LogP contribution in [0.25, 0.3) is 0 Å². The van der Waals surface area contributed by atoms with Crippen molar-refractivity contribution in [2.75, 3.05) is 13.1 Å². The third-order valence-electron chi connectivity index (χ3n) is 5.18. The Labute approximate surface area is 136 Å². The van der Waals surface area contributed by atoms with Gasteiger partial charge in [-0.15, -0.1) is 0 Å². The number of nitrogens with zero attached hydrogens (tertiary/aromatic N) is 1. The predicted octanol–water partition coefficient (Wildman–Crippen LogP) is 1.32. The zero-order chi connectivity index (χ0) is 16.6. The summed E-state index contributed by atoms with van der Waals surface area (Å²) in [6.45, 7) is 7.37. The molecule has 1 aromatic rings. The molecule has 3 heterocycles. The Balaban J connectivity index is 1.68. The van der Waals surface area contributed by atoms with Crippen LogP contribution in [0.1, 0.15) is 60.9 Å². The second-order valence-electron chi connectivity index (χ2n) is 7.23. The van der Waals surface area contributed by atoms with Crippen LogP contribution in [0.15, 0.2) is 4.79 Å². The molecule has 2 saturated heterocycles. The molecule has 1 aromatic heterocycles. The average molecular weight is 318 g/mol. The molecule has 0 radical (unpaired) electrons. The number of aromatic amines is 1. The van der Waals surface area contributed by atoms with E-state index in [2.05, 4.69) is 20.6 Å². The molecule has 3 unspecified atom stereocenters. The van der Waals surface area contributed by atoms with Crippen LogP contribution in [-0.2, 0) is 0 Å². The molecule has 0 spiro atoms. The number of amides is 1. The Kier molecular flexibility index (Phi) is 4.53. The van der Waals surface area contributed by atoms with Gasteiger partial charge in [0.1, 0.15) is 11.4 Å². The standard InChI is InChI=1S/C17H26N4O2/c1-9(2)15-20-10(3)14(17(23)21-15)16(22)19-8-12-6-11-4-5-13(12)18-7-11/h9,11-13,18H,4-8H2,1-3H3,(H,19,22)(H,20,21,23). The first-order valence-electron chi connectivity index (χ1n) is 8.58. The van der Waals surface area contributed by atoms with Gasteiger partial charge in [-0.2, -0.15) is 0 Å². The minimum atomic E-state index is -0.345. The van der Waals surface area contributed by atoms with Gasteiger partial charge in [0.15, 0.2) is 0 Å². The zero-order valence-electron chi connectivity index (χ0n) is 14.1. The molecule has 3 fully saturated rings. The molecule has 1 aliphatic carbocycles. The van der Waals surface area contributed by atoms with Crippen molar-refractivity contribution in [1.29, 1.82) is 0 Å². The van der Waals surface area contributed by atoms with Gasteiger partial charge >= 0.3 is 0 Å². The first-order chi connectivity index (χ1) is 11.0. The second kappa shape index (κ2) is 6.43. The van der Waals surface area contributed by atoms with E-state index in [1.54, 1.807) is 6.92 Å². The van der Waals surface area contributed by atoms with Gasteiger partial charge in [-0.1, -0.05) is 13.8 Å². The summed E-state index contributed by atoms with van der Waals surface area (Å²) in [5, 5.41) is 6.49. The lowest BCUT2D eigenvalue weighted by Crippen LogP contribution is -2.53. The molecule has 3 atom stereocenters. The SMILES string of the molecule is Cc1nc(C(C)C)[nH]c(=O)c1C(=O)NCC1CC2CCC1NC2. The molecule has 23 heavy (non-hydrogen) atoms. The highest BCUT2D eigenvalue weighted by Crippen LogP contribution is 2.33. The van der Waals surface area contributed by atoms with E-state index in [0.717, 1.165) is 18.9 Å². The Morgan fingerprint density at radius 2 is 2.17 bits per heavy atom. The highest BCUT2D eigenvalue weighted by molar-refractivity contribution is 5.94. The van der Waals surface area contributed by atoms with Gasteiger partial charge in [0.2, 0.25) is 0 Å². The molecule has 6 heteroatoms. The van der Waals surface area contributed by atoms with Crippen LogP contribution in [0.5, 0.6) is 0 Å². The first kappa shape index (κ1) is 16.2. The van der Waals surface area contributed by atoms with Crippen molar-refractivity contribution in [1.82, 2.24) is 20.6 Å². The fraction of sp³-hybridized carbons (Fsp3) is 0.706. The molecule has 0 aromatic carbocycles. The number of fused-ring (bicyclic) bond motifs is 3. The van der Waals surface area contributed by atoms with Crippen molar-refractivity contribution in [2.45, 2.75) is 52.0 Å². The van der Waals surface area contributed by atoms with Gasteiger partial charge in [-0.3, -0.25) is 9.59 Å². The molecular formula is C17H26N4O2. The molecule has 2 aliphatic heterocycles. The zero-order valence-corrected chi connectivity index (χ0v) is 14.1. The summed E-state index contributed by atoms with van der Waals surface area (Å²) in [5.41, 5.74) is 0.295. The van der Waals surface area contributed by atoms with Crippen molar-refractivity contribution in [3.05, 3.63) is 27.4 Å². The molecule has 1 amide bonds. The summed E-state index contributed by atoms with van der Waals surface area (Å²) < 4.78 is 0. The van der Waals surface area contributed by atoms with E-state index in [1.807, 2.05) is 13.8 Å². The molecule has 2 bridgehead atoms. The van der Waals surface area contributed by atoms with Crippen molar-refractivity contribution in [3.63, 3.8) is 0 Å². The number of nitrogens with one attached hydrogen (secondary N) is 3. The fourth-order valence-electron chi connectivity index (χ4n) is 3.82. The van der Waals surface area contributed by atoms with Crippen LogP contribution in [-0.4, -0.2) is 35.0 Å². The lowest BCUT2D eigenvalue weighted by atomic mass is 9.74. The predicted molar refractivity (Wildman–Crippen MR) is 88.6 cm³/mol. The number of hydrogen-bond donors (Lipinski definition) is 3. The number of hydrogen-bond acceptors (Lipinski definition) is 4. The summed E-state index contributed by atoms with van der Waals surface area (Å²) in [4.78, 5) is 31.7. The maximum Gasteiger partial charge on any atom is 0.264 e. The van der Waals surface area contributed by atoms with E-state index < -0.39 is 0 Å². The van der Waals surface area contributed by atoms with E-state index in [1.165, 1.54) is 12.8 Å². The van der Waals surface area contributed by atoms with Crippen LogP contribution in [0.3, 0.4) is 0 Å². The number of carbonyl (C=O) groups excluding carboxylic acids is 1. The maximum absolute atomic E-state index is 12.4. The molecule has 6 nitrogen and oxygen atoms in total. The topological polar surface area (TPSA) is 86.9 Å². The van der Waals surface area contributed by atoms with Crippen molar-refractivity contribution < 1.29 is 4.79 Å². The Morgan fingerprint density at radius 3 is 2.70 bits per heavy atom. The van der Waals surface area contributed by atoms with Crippen molar-refractivity contribution >= 4 is 5.91 Å². The summed E-state index contributed by atoms with van der Waals surface area (Å²) in [7, 11) is 0. The number of aromatic nitrogens is 2. The lowest BCUT2D eigenvalue weighted by molar-refractivity contribution is 0.0905. The third-order valence-corrected chi connectivity index (χ3v) is 5.18. The van der Waals surface area contributed by atoms with Crippen LogP contribution >= 0.6 is 0 Å². The molecule has 4 rings (SSSR count). The van der Waals surface area contributed by atoms with Crippen LogP contribution in [0.4, 0.5) is 0 Å². The number of rotatable bonds is 4. The second-order valence-corrected chi connectivity index (χ2v) is 7.23. The van der Waals surface area contributed by atoms with E-state index >= 15 is 0 Å². The largest absolute Gasteiger partial charge is 0.351 e. The average Bonchev–Trinajstić information content (AvgIpc) is 2.53. The molecule has 3 N–H and O–H groups in total. The minimum absolute atomic E-state index is 0.127. The number of aryl methyl sites for hydroxylation is 1. The van der Waals surface area contributed by atoms with Gasteiger partial charge in [-0.05, 0) is 44.6 Å². The van der Waals surface area contributed by atoms with E-state index in [9.17, 15) is 9.59 Å². The first-order valence-corrected chi connectivity index (χ1v) is 8.58. The smallest absolute Gasteiger partial charge is 0.264 e. The summed E-state index contributed by atoms with van der Waals surface area (Å²) in [6, 6.07) is 0.501.